The molecule has 5 nitrogen and oxygen atoms in total. The van der Waals surface area contributed by atoms with Crippen molar-refractivity contribution in [3.63, 3.8) is 0 Å². The average Bonchev–Trinajstić information content (AvgIpc) is 3.00. The second-order valence-electron chi connectivity index (χ2n) is 6.45. The van der Waals surface area contributed by atoms with Crippen molar-refractivity contribution < 1.29 is 4.79 Å². The van der Waals surface area contributed by atoms with Crippen molar-refractivity contribution in [1.82, 2.24) is 14.5 Å². The number of aryl methyl sites for hydroxylation is 1. The van der Waals surface area contributed by atoms with Gasteiger partial charge in [0.05, 0.1) is 17.1 Å². The number of hydrogen-bond donors (Lipinski definition) is 1. The molecule has 4 rings (SSSR count). The third-order valence-corrected chi connectivity index (χ3v) is 4.51. The molecule has 0 spiro atoms. The summed E-state index contributed by atoms with van der Waals surface area (Å²) in [6, 6.07) is 14.2. The maximum Gasteiger partial charge on any atom is 0.230 e. The minimum absolute atomic E-state index is 0.0537. The van der Waals surface area contributed by atoms with Crippen molar-refractivity contribution in [1.29, 1.82) is 0 Å². The first-order valence-corrected chi connectivity index (χ1v) is 8.20. The van der Waals surface area contributed by atoms with Gasteiger partial charge in [0.2, 0.25) is 5.91 Å². The van der Waals surface area contributed by atoms with Crippen LogP contribution in [0.15, 0.2) is 54.9 Å². The third kappa shape index (κ3) is 2.90. The Hall–Kier alpha value is -2.66. The number of rotatable bonds is 4. The Kier molecular flexibility index (Phi) is 3.78. The fourth-order valence-electron chi connectivity index (χ4n) is 3.23. The second-order valence-corrected chi connectivity index (χ2v) is 6.45. The molecule has 1 aromatic carbocycles. The van der Waals surface area contributed by atoms with E-state index < -0.39 is 0 Å². The van der Waals surface area contributed by atoms with E-state index in [0.717, 1.165) is 30.8 Å². The Bertz CT molecular complexity index is 880. The molecule has 3 heterocycles. The Morgan fingerprint density at radius 3 is 2.96 bits per heavy atom. The summed E-state index contributed by atoms with van der Waals surface area (Å²) < 4.78 is 1.76. The maximum absolute atomic E-state index is 12.4. The van der Waals surface area contributed by atoms with Crippen LogP contribution in [0.25, 0.3) is 5.52 Å². The molecule has 0 atom stereocenters. The van der Waals surface area contributed by atoms with Gasteiger partial charge in [-0.3, -0.25) is 9.69 Å². The van der Waals surface area contributed by atoms with Crippen LogP contribution in [0.2, 0.25) is 0 Å². The molecule has 122 valence electrons. The first kappa shape index (κ1) is 14.9. The third-order valence-electron chi connectivity index (χ3n) is 4.51. The van der Waals surface area contributed by atoms with Crippen LogP contribution in [0.3, 0.4) is 0 Å². The van der Waals surface area contributed by atoms with Crippen LogP contribution in [0, 0.1) is 12.8 Å². The number of nitrogens with zero attached hydrogens (tertiary/aromatic N) is 3. The van der Waals surface area contributed by atoms with Crippen LogP contribution in [0.1, 0.15) is 11.1 Å². The smallest absolute Gasteiger partial charge is 0.230 e. The Balaban J connectivity index is 1.35. The highest BCUT2D eigenvalue weighted by Gasteiger charge is 2.32. The van der Waals surface area contributed by atoms with Crippen LogP contribution >= 0.6 is 0 Å². The zero-order valence-corrected chi connectivity index (χ0v) is 13.6. The zero-order chi connectivity index (χ0) is 16.5. The molecule has 0 aliphatic carbocycles. The molecule has 2 aromatic heterocycles. The standard InChI is InChI=1S/C19H20N4O/c1-14-4-2-5-15(10-14)11-22-12-16(13-22)19(24)21-17-7-8-20-23-9-3-6-18(17)23/h2-10,16H,11-13H2,1H3,(H,21,24). The molecule has 1 aliphatic heterocycles. The number of likely N-dealkylation sites (tertiary alicyclic amines) is 1. The topological polar surface area (TPSA) is 49.6 Å². The molecule has 1 amide bonds. The van der Waals surface area contributed by atoms with Crippen molar-refractivity contribution in [2.24, 2.45) is 5.92 Å². The molecule has 1 saturated heterocycles. The lowest BCUT2D eigenvalue weighted by molar-refractivity contribution is -0.125. The predicted molar refractivity (Wildman–Crippen MR) is 93.8 cm³/mol. The van der Waals surface area contributed by atoms with Crippen molar-refractivity contribution >= 4 is 17.1 Å². The minimum Gasteiger partial charge on any atom is -0.324 e. The monoisotopic (exact) mass is 320 g/mol. The summed E-state index contributed by atoms with van der Waals surface area (Å²) in [4.78, 5) is 14.7. The van der Waals surface area contributed by atoms with Gasteiger partial charge in [-0.05, 0) is 30.7 Å². The highest BCUT2D eigenvalue weighted by molar-refractivity contribution is 5.97. The summed E-state index contributed by atoms with van der Waals surface area (Å²) in [5, 5.41) is 7.25. The van der Waals surface area contributed by atoms with Crippen molar-refractivity contribution in [3.8, 4) is 0 Å². The Morgan fingerprint density at radius 1 is 1.25 bits per heavy atom. The average molecular weight is 320 g/mol. The van der Waals surface area contributed by atoms with E-state index in [1.165, 1.54) is 11.1 Å². The van der Waals surface area contributed by atoms with Crippen LogP contribution in [0.5, 0.6) is 0 Å². The summed E-state index contributed by atoms with van der Waals surface area (Å²) >= 11 is 0. The van der Waals surface area contributed by atoms with Gasteiger partial charge < -0.3 is 5.32 Å². The molecule has 0 unspecified atom stereocenters. The summed E-state index contributed by atoms with van der Waals surface area (Å²) in [5.74, 6) is 0.141. The predicted octanol–water partition coefficient (Wildman–Crippen LogP) is 2.71. The molecule has 0 saturated carbocycles. The number of anilines is 1. The van der Waals surface area contributed by atoms with Crippen LogP contribution in [-0.2, 0) is 11.3 Å². The molecular weight excluding hydrogens is 300 g/mol. The number of benzene rings is 1. The molecule has 1 N–H and O–H groups in total. The summed E-state index contributed by atoms with van der Waals surface area (Å²) in [6.45, 7) is 4.63. The SMILES string of the molecule is Cc1cccc(CN2CC(C(=O)Nc3ccnn4cccc34)C2)c1. The molecule has 1 aliphatic rings. The lowest BCUT2D eigenvalue weighted by Gasteiger charge is -2.38. The maximum atomic E-state index is 12.4. The van der Waals surface area contributed by atoms with E-state index in [9.17, 15) is 4.79 Å². The van der Waals surface area contributed by atoms with Gasteiger partial charge in [0.25, 0.3) is 0 Å². The van der Waals surface area contributed by atoms with Gasteiger partial charge in [0.1, 0.15) is 0 Å². The second kappa shape index (κ2) is 6.09. The van der Waals surface area contributed by atoms with Gasteiger partial charge in [-0.25, -0.2) is 4.52 Å². The van der Waals surface area contributed by atoms with Gasteiger partial charge in [-0.1, -0.05) is 29.8 Å². The van der Waals surface area contributed by atoms with Gasteiger partial charge in [0.15, 0.2) is 0 Å². The fraction of sp³-hybridized carbons (Fsp3) is 0.263. The number of fused-ring (bicyclic) bond motifs is 1. The van der Waals surface area contributed by atoms with Gasteiger partial charge in [-0.15, -0.1) is 0 Å². The van der Waals surface area contributed by atoms with E-state index >= 15 is 0 Å². The summed E-state index contributed by atoms with van der Waals surface area (Å²) in [5.41, 5.74) is 4.31. The van der Waals surface area contributed by atoms with Crippen LogP contribution < -0.4 is 5.32 Å². The van der Waals surface area contributed by atoms with Crippen molar-refractivity contribution in [2.45, 2.75) is 13.5 Å². The molecule has 5 heteroatoms. The Morgan fingerprint density at radius 2 is 2.12 bits per heavy atom. The highest BCUT2D eigenvalue weighted by atomic mass is 16.2. The van der Waals surface area contributed by atoms with Gasteiger partial charge >= 0.3 is 0 Å². The Labute approximate surface area is 140 Å². The van der Waals surface area contributed by atoms with Crippen molar-refractivity contribution in [2.75, 3.05) is 18.4 Å². The van der Waals surface area contributed by atoms with E-state index in [-0.39, 0.29) is 11.8 Å². The quantitative estimate of drug-likeness (QED) is 0.804. The largest absolute Gasteiger partial charge is 0.324 e. The lowest BCUT2D eigenvalue weighted by atomic mass is 9.98. The lowest BCUT2D eigenvalue weighted by Crippen LogP contribution is -2.51. The molecule has 0 radical (unpaired) electrons. The van der Waals surface area contributed by atoms with E-state index in [0.29, 0.717) is 0 Å². The van der Waals surface area contributed by atoms with Crippen LogP contribution in [0.4, 0.5) is 5.69 Å². The fourth-order valence-corrected chi connectivity index (χ4v) is 3.23. The number of carbonyl (C=O) groups is 1. The highest BCUT2D eigenvalue weighted by Crippen LogP contribution is 2.22. The molecule has 3 aromatic rings. The number of amides is 1. The number of aromatic nitrogens is 2. The normalized spacial score (nSPS) is 15.4. The zero-order valence-electron chi connectivity index (χ0n) is 13.6. The number of carbonyl (C=O) groups excluding carboxylic acids is 1. The number of hydrogen-bond acceptors (Lipinski definition) is 3. The van der Waals surface area contributed by atoms with Gasteiger partial charge in [-0.2, -0.15) is 5.10 Å². The molecule has 0 bridgehead atoms. The van der Waals surface area contributed by atoms with E-state index in [4.69, 9.17) is 0 Å². The molecule has 1 fully saturated rings. The van der Waals surface area contributed by atoms with Gasteiger partial charge in [0, 0.05) is 32.0 Å². The number of nitrogens with one attached hydrogen (secondary N) is 1. The first-order chi connectivity index (χ1) is 11.7. The first-order valence-electron chi connectivity index (χ1n) is 8.20. The van der Waals surface area contributed by atoms with Crippen LogP contribution in [-0.4, -0.2) is 33.5 Å². The van der Waals surface area contributed by atoms with Crippen molar-refractivity contribution in [3.05, 3.63) is 66.0 Å². The minimum atomic E-state index is 0.0537. The molecule has 24 heavy (non-hydrogen) atoms. The molecular formula is C19H20N4O. The van der Waals surface area contributed by atoms with E-state index in [1.807, 2.05) is 24.4 Å². The summed E-state index contributed by atoms with van der Waals surface area (Å²) in [6.07, 6.45) is 3.57. The van der Waals surface area contributed by atoms with E-state index in [2.05, 4.69) is 46.5 Å². The van der Waals surface area contributed by atoms with E-state index in [1.54, 1.807) is 10.7 Å². The summed E-state index contributed by atoms with van der Waals surface area (Å²) in [7, 11) is 0.